The van der Waals surface area contributed by atoms with Gasteiger partial charge in [-0.05, 0) is 31.9 Å². The Balaban J connectivity index is 1.55. The topological polar surface area (TPSA) is 84.3 Å². The summed E-state index contributed by atoms with van der Waals surface area (Å²) < 4.78 is 0. The van der Waals surface area contributed by atoms with Gasteiger partial charge in [0.15, 0.2) is 0 Å². The lowest BCUT2D eigenvalue weighted by atomic mass is 10.3. The summed E-state index contributed by atoms with van der Waals surface area (Å²) in [5.41, 5.74) is 0. The van der Waals surface area contributed by atoms with E-state index in [0.29, 0.717) is 19.0 Å². The Morgan fingerprint density at radius 1 is 1.47 bits per heavy atom. The molecule has 0 unspecified atom stereocenters. The minimum atomic E-state index is -0.379. The molecule has 0 aromatic carbocycles. The fraction of sp³-hybridized carbons (Fsp3) is 0.583. The van der Waals surface area contributed by atoms with E-state index >= 15 is 0 Å². The van der Waals surface area contributed by atoms with Crippen molar-refractivity contribution in [3.8, 4) is 0 Å². The largest absolute Gasteiger partial charge is 0.353 e. The first-order valence-corrected chi connectivity index (χ1v) is 7.20. The number of carbonyl (C=O) groups excluding carboxylic acids is 1. The Hall–Kier alpha value is -1.47. The van der Waals surface area contributed by atoms with E-state index in [9.17, 15) is 14.9 Å². The Morgan fingerprint density at radius 3 is 2.89 bits per heavy atom. The molecule has 1 amide bonds. The van der Waals surface area contributed by atoms with E-state index in [1.54, 1.807) is 6.07 Å². The molecule has 0 atom stereocenters. The van der Waals surface area contributed by atoms with Gasteiger partial charge in [-0.2, -0.15) is 0 Å². The van der Waals surface area contributed by atoms with Crippen molar-refractivity contribution in [2.75, 3.05) is 6.54 Å². The second-order valence-corrected chi connectivity index (χ2v) is 5.77. The van der Waals surface area contributed by atoms with Crippen LogP contribution in [0.25, 0.3) is 0 Å². The number of carbonyl (C=O) groups is 1. The fourth-order valence-electron chi connectivity index (χ4n) is 1.67. The molecule has 0 aliphatic heterocycles. The molecule has 1 aromatic heterocycles. The first-order chi connectivity index (χ1) is 9.15. The second-order valence-electron chi connectivity index (χ2n) is 4.62. The zero-order valence-corrected chi connectivity index (χ0v) is 11.4. The SMILES string of the molecule is O=C(CCCNCc1ccc([N+](=O)[O-])s1)NC1CC1. The van der Waals surface area contributed by atoms with Gasteiger partial charge < -0.3 is 10.6 Å². The number of rotatable bonds is 8. The van der Waals surface area contributed by atoms with Crippen molar-refractivity contribution in [2.24, 2.45) is 0 Å². The van der Waals surface area contributed by atoms with Crippen LogP contribution in [0.15, 0.2) is 12.1 Å². The maximum atomic E-state index is 11.4. The first-order valence-electron chi connectivity index (χ1n) is 6.38. The Labute approximate surface area is 115 Å². The molecule has 1 aliphatic carbocycles. The predicted octanol–water partition coefficient (Wildman–Crippen LogP) is 1.80. The third-order valence-corrected chi connectivity index (χ3v) is 3.86. The van der Waals surface area contributed by atoms with Crippen LogP contribution in [-0.4, -0.2) is 23.4 Å². The molecule has 2 N–H and O–H groups in total. The van der Waals surface area contributed by atoms with E-state index in [1.807, 2.05) is 0 Å². The van der Waals surface area contributed by atoms with Gasteiger partial charge in [0.25, 0.3) is 0 Å². The van der Waals surface area contributed by atoms with Gasteiger partial charge in [0.1, 0.15) is 0 Å². The minimum Gasteiger partial charge on any atom is -0.353 e. The highest BCUT2D eigenvalue weighted by atomic mass is 32.1. The molecule has 0 radical (unpaired) electrons. The second kappa shape index (κ2) is 6.63. The van der Waals surface area contributed by atoms with Gasteiger partial charge in [0, 0.05) is 30.0 Å². The number of nitrogens with zero attached hydrogens (tertiary/aromatic N) is 1. The van der Waals surface area contributed by atoms with Gasteiger partial charge in [-0.3, -0.25) is 14.9 Å². The number of hydrogen-bond acceptors (Lipinski definition) is 5. The molecule has 19 heavy (non-hydrogen) atoms. The van der Waals surface area contributed by atoms with Crippen LogP contribution in [0.4, 0.5) is 5.00 Å². The van der Waals surface area contributed by atoms with E-state index in [1.165, 1.54) is 17.4 Å². The van der Waals surface area contributed by atoms with Crippen LogP contribution in [0, 0.1) is 10.1 Å². The van der Waals surface area contributed by atoms with Gasteiger partial charge >= 0.3 is 5.00 Å². The van der Waals surface area contributed by atoms with Crippen LogP contribution >= 0.6 is 11.3 Å². The number of thiophene rings is 1. The van der Waals surface area contributed by atoms with Crippen LogP contribution in [0.1, 0.15) is 30.6 Å². The van der Waals surface area contributed by atoms with E-state index in [0.717, 1.165) is 30.7 Å². The lowest BCUT2D eigenvalue weighted by Gasteiger charge is -2.04. The van der Waals surface area contributed by atoms with Crippen molar-refractivity contribution in [3.63, 3.8) is 0 Å². The summed E-state index contributed by atoms with van der Waals surface area (Å²) in [6.45, 7) is 1.35. The van der Waals surface area contributed by atoms with Crippen LogP contribution in [-0.2, 0) is 11.3 Å². The average Bonchev–Trinajstić information content (AvgIpc) is 3.04. The molecule has 104 valence electrons. The summed E-state index contributed by atoms with van der Waals surface area (Å²) in [4.78, 5) is 22.5. The molecule has 0 saturated heterocycles. The maximum absolute atomic E-state index is 11.4. The molecule has 1 saturated carbocycles. The lowest BCUT2D eigenvalue weighted by Crippen LogP contribution is -2.26. The molecule has 0 spiro atoms. The minimum absolute atomic E-state index is 0.121. The number of nitrogens with one attached hydrogen (secondary N) is 2. The van der Waals surface area contributed by atoms with Crippen LogP contribution in [0.2, 0.25) is 0 Å². The van der Waals surface area contributed by atoms with Gasteiger partial charge in [0.2, 0.25) is 5.91 Å². The first kappa shape index (κ1) is 14.0. The predicted molar refractivity (Wildman–Crippen MR) is 73.1 cm³/mol. The van der Waals surface area contributed by atoms with Crippen LogP contribution in [0.5, 0.6) is 0 Å². The molecule has 1 fully saturated rings. The zero-order valence-electron chi connectivity index (χ0n) is 10.6. The van der Waals surface area contributed by atoms with Crippen molar-refractivity contribution >= 4 is 22.2 Å². The highest BCUT2D eigenvalue weighted by Gasteiger charge is 2.22. The van der Waals surface area contributed by atoms with Crippen LogP contribution in [0.3, 0.4) is 0 Å². The standard InChI is InChI=1S/C12H17N3O3S/c16-11(14-9-3-4-9)2-1-7-13-8-10-5-6-12(19-10)15(17)18/h5-6,9,13H,1-4,7-8H2,(H,14,16). The molecular weight excluding hydrogens is 266 g/mol. The van der Waals surface area contributed by atoms with Crippen molar-refractivity contribution in [1.82, 2.24) is 10.6 Å². The van der Waals surface area contributed by atoms with E-state index in [4.69, 9.17) is 0 Å². The van der Waals surface area contributed by atoms with Crippen molar-refractivity contribution in [1.29, 1.82) is 0 Å². The quantitative estimate of drug-likeness (QED) is 0.433. The zero-order chi connectivity index (χ0) is 13.7. The molecule has 6 nitrogen and oxygen atoms in total. The average molecular weight is 283 g/mol. The maximum Gasteiger partial charge on any atom is 0.324 e. The molecule has 7 heteroatoms. The van der Waals surface area contributed by atoms with Gasteiger partial charge in [-0.25, -0.2) is 0 Å². The van der Waals surface area contributed by atoms with Crippen molar-refractivity contribution in [2.45, 2.75) is 38.3 Å². The van der Waals surface area contributed by atoms with Crippen molar-refractivity contribution < 1.29 is 9.72 Å². The van der Waals surface area contributed by atoms with Gasteiger partial charge in [0.05, 0.1) is 4.92 Å². The highest BCUT2D eigenvalue weighted by Crippen LogP contribution is 2.23. The fourth-order valence-corrected chi connectivity index (χ4v) is 2.46. The third kappa shape index (κ3) is 4.96. The molecule has 2 rings (SSSR count). The van der Waals surface area contributed by atoms with E-state index in [2.05, 4.69) is 10.6 Å². The normalized spacial score (nSPS) is 14.3. The Kier molecular flexibility index (Phi) is 4.86. The van der Waals surface area contributed by atoms with Crippen molar-refractivity contribution in [3.05, 3.63) is 27.1 Å². The third-order valence-electron chi connectivity index (χ3n) is 2.83. The highest BCUT2D eigenvalue weighted by molar-refractivity contribution is 7.15. The number of amides is 1. The summed E-state index contributed by atoms with van der Waals surface area (Å²) in [7, 11) is 0. The summed E-state index contributed by atoms with van der Waals surface area (Å²) in [6, 6.07) is 3.70. The Bertz CT molecular complexity index is 457. The molecule has 0 bridgehead atoms. The summed E-state index contributed by atoms with van der Waals surface area (Å²) in [5.74, 6) is 0.121. The molecule has 1 aliphatic rings. The van der Waals surface area contributed by atoms with E-state index in [-0.39, 0.29) is 15.8 Å². The lowest BCUT2D eigenvalue weighted by molar-refractivity contribution is -0.380. The monoisotopic (exact) mass is 283 g/mol. The number of hydrogen-bond donors (Lipinski definition) is 2. The summed E-state index contributed by atoms with van der Waals surface area (Å²) >= 11 is 1.18. The Morgan fingerprint density at radius 2 is 2.26 bits per heavy atom. The van der Waals surface area contributed by atoms with Crippen LogP contribution < -0.4 is 10.6 Å². The summed E-state index contributed by atoms with van der Waals surface area (Å²) in [6.07, 6.45) is 3.54. The van der Waals surface area contributed by atoms with Gasteiger partial charge in [-0.15, -0.1) is 0 Å². The molecule has 1 heterocycles. The summed E-state index contributed by atoms with van der Waals surface area (Å²) in [5, 5.41) is 16.8. The molecular formula is C12H17N3O3S. The van der Waals surface area contributed by atoms with E-state index < -0.39 is 0 Å². The van der Waals surface area contributed by atoms with Gasteiger partial charge in [-0.1, -0.05) is 11.3 Å². The smallest absolute Gasteiger partial charge is 0.324 e. The number of nitro groups is 1. The molecule has 1 aromatic rings.